The highest BCUT2D eigenvalue weighted by Gasteiger charge is 2.05. The van der Waals surface area contributed by atoms with E-state index in [1.165, 1.54) is 0 Å². The van der Waals surface area contributed by atoms with Gasteiger partial charge in [-0.3, -0.25) is 4.79 Å². The molecular weight excluding hydrogens is 268 g/mol. The lowest BCUT2D eigenvalue weighted by atomic mass is 10.1. The summed E-state index contributed by atoms with van der Waals surface area (Å²) < 4.78 is 10.5. The zero-order chi connectivity index (χ0) is 15.5. The Balaban J connectivity index is 2.39. The highest BCUT2D eigenvalue weighted by atomic mass is 16.5. The standard InChI is InChI=1S/C16H26N2O3/c1-3-4-10-21-15-7-5-13(12-14(15)17)6-8-16(19)18-9-11-20-2/h5,7,12H,3-4,6,8-11,17H2,1-2H3,(H,18,19). The van der Waals surface area contributed by atoms with E-state index in [1.54, 1.807) is 7.11 Å². The van der Waals surface area contributed by atoms with E-state index in [0.717, 1.165) is 24.2 Å². The molecule has 0 heterocycles. The average molecular weight is 294 g/mol. The number of carbonyl (C=O) groups excluding carboxylic acids is 1. The summed E-state index contributed by atoms with van der Waals surface area (Å²) in [5, 5.41) is 2.79. The molecule has 0 aliphatic heterocycles. The summed E-state index contributed by atoms with van der Waals surface area (Å²) in [5.74, 6) is 0.741. The molecule has 5 heteroatoms. The van der Waals surface area contributed by atoms with E-state index >= 15 is 0 Å². The number of benzene rings is 1. The number of aryl methyl sites for hydroxylation is 1. The Labute approximate surface area is 126 Å². The van der Waals surface area contributed by atoms with Gasteiger partial charge in [-0.1, -0.05) is 19.4 Å². The largest absolute Gasteiger partial charge is 0.491 e. The fourth-order valence-corrected chi connectivity index (χ4v) is 1.85. The van der Waals surface area contributed by atoms with Gasteiger partial charge in [-0.25, -0.2) is 0 Å². The number of nitrogen functional groups attached to an aromatic ring is 1. The first-order valence-electron chi connectivity index (χ1n) is 7.44. The van der Waals surface area contributed by atoms with Crippen LogP contribution in [-0.4, -0.2) is 32.8 Å². The van der Waals surface area contributed by atoms with Crippen LogP contribution in [0.1, 0.15) is 31.7 Å². The Morgan fingerprint density at radius 2 is 2.14 bits per heavy atom. The molecule has 5 nitrogen and oxygen atoms in total. The summed E-state index contributed by atoms with van der Waals surface area (Å²) in [6, 6.07) is 5.72. The topological polar surface area (TPSA) is 73.6 Å². The molecule has 3 N–H and O–H groups in total. The molecule has 1 rings (SSSR count). The normalized spacial score (nSPS) is 10.4. The zero-order valence-electron chi connectivity index (χ0n) is 13.0. The van der Waals surface area contributed by atoms with Crippen LogP contribution in [-0.2, 0) is 16.0 Å². The summed E-state index contributed by atoms with van der Waals surface area (Å²) in [7, 11) is 1.61. The number of nitrogens with one attached hydrogen (secondary N) is 1. The van der Waals surface area contributed by atoms with Gasteiger partial charge in [0.2, 0.25) is 5.91 Å². The minimum Gasteiger partial charge on any atom is -0.491 e. The monoisotopic (exact) mass is 294 g/mol. The molecule has 118 valence electrons. The Morgan fingerprint density at radius 1 is 1.33 bits per heavy atom. The van der Waals surface area contributed by atoms with Crippen LogP contribution in [0.4, 0.5) is 5.69 Å². The lowest BCUT2D eigenvalue weighted by Crippen LogP contribution is -2.27. The number of methoxy groups -OCH3 is 1. The molecule has 0 atom stereocenters. The third-order valence-electron chi connectivity index (χ3n) is 3.10. The number of ether oxygens (including phenoxy) is 2. The third-order valence-corrected chi connectivity index (χ3v) is 3.10. The second-order valence-electron chi connectivity index (χ2n) is 4.92. The van der Waals surface area contributed by atoms with E-state index < -0.39 is 0 Å². The van der Waals surface area contributed by atoms with Crippen molar-refractivity contribution in [2.24, 2.45) is 0 Å². The Morgan fingerprint density at radius 3 is 2.81 bits per heavy atom. The van der Waals surface area contributed by atoms with Gasteiger partial charge in [-0.05, 0) is 30.5 Å². The summed E-state index contributed by atoms with van der Waals surface area (Å²) in [6.45, 7) is 3.87. The van der Waals surface area contributed by atoms with Crippen LogP contribution in [0.5, 0.6) is 5.75 Å². The smallest absolute Gasteiger partial charge is 0.220 e. The van der Waals surface area contributed by atoms with Crippen molar-refractivity contribution in [1.82, 2.24) is 5.32 Å². The first-order chi connectivity index (χ1) is 10.2. The predicted molar refractivity (Wildman–Crippen MR) is 84.5 cm³/mol. The second kappa shape index (κ2) is 10.0. The molecule has 0 spiro atoms. The van der Waals surface area contributed by atoms with E-state index in [2.05, 4.69) is 12.2 Å². The molecular formula is C16H26N2O3. The van der Waals surface area contributed by atoms with Crippen LogP contribution in [0.3, 0.4) is 0 Å². The van der Waals surface area contributed by atoms with Crippen molar-refractivity contribution in [2.45, 2.75) is 32.6 Å². The first-order valence-corrected chi connectivity index (χ1v) is 7.44. The van der Waals surface area contributed by atoms with E-state index in [4.69, 9.17) is 15.2 Å². The van der Waals surface area contributed by atoms with Gasteiger partial charge in [0.25, 0.3) is 0 Å². The fourth-order valence-electron chi connectivity index (χ4n) is 1.85. The van der Waals surface area contributed by atoms with Crippen molar-refractivity contribution in [3.8, 4) is 5.75 Å². The lowest BCUT2D eigenvalue weighted by Gasteiger charge is -2.10. The maximum absolute atomic E-state index is 11.6. The number of hydrogen-bond acceptors (Lipinski definition) is 4. The van der Waals surface area contributed by atoms with Gasteiger partial charge in [0.15, 0.2) is 0 Å². The number of anilines is 1. The van der Waals surface area contributed by atoms with E-state index in [1.807, 2.05) is 18.2 Å². The van der Waals surface area contributed by atoms with Crippen LogP contribution in [0.2, 0.25) is 0 Å². The predicted octanol–water partition coefficient (Wildman–Crippen LogP) is 2.14. The van der Waals surface area contributed by atoms with Crippen LogP contribution < -0.4 is 15.8 Å². The van der Waals surface area contributed by atoms with Gasteiger partial charge in [-0.15, -0.1) is 0 Å². The van der Waals surface area contributed by atoms with Crippen LogP contribution in [0.15, 0.2) is 18.2 Å². The fraction of sp³-hybridized carbons (Fsp3) is 0.562. The average Bonchev–Trinajstić information content (AvgIpc) is 2.47. The summed E-state index contributed by atoms with van der Waals surface area (Å²) in [5.41, 5.74) is 7.63. The van der Waals surface area contributed by atoms with Crippen LogP contribution in [0, 0.1) is 0 Å². The number of carbonyl (C=O) groups is 1. The van der Waals surface area contributed by atoms with Crippen molar-refractivity contribution in [3.63, 3.8) is 0 Å². The second-order valence-corrected chi connectivity index (χ2v) is 4.92. The molecule has 0 aliphatic rings. The Hall–Kier alpha value is -1.75. The van der Waals surface area contributed by atoms with E-state index in [-0.39, 0.29) is 5.91 Å². The summed E-state index contributed by atoms with van der Waals surface area (Å²) in [4.78, 5) is 11.6. The zero-order valence-corrected chi connectivity index (χ0v) is 13.0. The van der Waals surface area contributed by atoms with E-state index in [0.29, 0.717) is 38.3 Å². The molecule has 1 aromatic carbocycles. The SMILES string of the molecule is CCCCOc1ccc(CCC(=O)NCCOC)cc1N. The molecule has 21 heavy (non-hydrogen) atoms. The maximum atomic E-state index is 11.6. The number of rotatable bonds is 10. The number of hydrogen-bond donors (Lipinski definition) is 2. The summed E-state index contributed by atoms with van der Waals surface area (Å²) in [6.07, 6.45) is 3.22. The molecule has 1 amide bonds. The van der Waals surface area contributed by atoms with Gasteiger partial charge in [-0.2, -0.15) is 0 Å². The lowest BCUT2D eigenvalue weighted by molar-refractivity contribution is -0.121. The molecule has 0 unspecified atom stereocenters. The molecule has 0 aromatic heterocycles. The van der Waals surface area contributed by atoms with Crippen LogP contribution >= 0.6 is 0 Å². The van der Waals surface area contributed by atoms with Crippen molar-refractivity contribution >= 4 is 11.6 Å². The van der Waals surface area contributed by atoms with E-state index in [9.17, 15) is 4.79 Å². The molecule has 0 aliphatic carbocycles. The number of amides is 1. The third kappa shape index (κ3) is 6.99. The highest BCUT2D eigenvalue weighted by Crippen LogP contribution is 2.23. The quantitative estimate of drug-likeness (QED) is 0.512. The van der Waals surface area contributed by atoms with Gasteiger partial charge in [0.05, 0.1) is 18.9 Å². The van der Waals surface area contributed by atoms with Gasteiger partial charge >= 0.3 is 0 Å². The first kappa shape index (κ1) is 17.3. The molecule has 0 fully saturated rings. The van der Waals surface area contributed by atoms with Crippen LogP contribution in [0.25, 0.3) is 0 Å². The van der Waals surface area contributed by atoms with Crippen molar-refractivity contribution in [3.05, 3.63) is 23.8 Å². The molecule has 0 radical (unpaired) electrons. The Kier molecular flexibility index (Phi) is 8.28. The summed E-state index contributed by atoms with van der Waals surface area (Å²) >= 11 is 0. The minimum absolute atomic E-state index is 0.0221. The molecule has 0 bridgehead atoms. The van der Waals surface area contributed by atoms with Gasteiger partial charge < -0.3 is 20.5 Å². The molecule has 1 aromatic rings. The van der Waals surface area contributed by atoms with Crippen molar-refractivity contribution < 1.29 is 14.3 Å². The highest BCUT2D eigenvalue weighted by molar-refractivity contribution is 5.76. The van der Waals surface area contributed by atoms with Crippen molar-refractivity contribution in [1.29, 1.82) is 0 Å². The minimum atomic E-state index is 0.0221. The van der Waals surface area contributed by atoms with Crippen molar-refractivity contribution in [2.75, 3.05) is 32.6 Å². The maximum Gasteiger partial charge on any atom is 0.220 e. The van der Waals surface area contributed by atoms with Gasteiger partial charge in [0, 0.05) is 20.1 Å². The number of unbranched alkanes of at least 4 members (excludes halogenated alkanes) is 1. The van der Waals surface area contributed by atoms with Gasteiger partial charge in [0.1, 0.15) is 5.75 Å². The molecule has 0 saturated heterocycles. The number of nitrogens with two attached hydrogens (primary N) is 1. The Bertz CT molecular complexity index is 436. The molecule has 0 saturated carbocycles.